The van der Waals surface area contributed by atoms with E-state index < -0.39 is 5.97 Å². The van der Waals surface area contributed by atoms with Crippen LogP contribution in [0.5, 0.6) is 5.75 Å². The highest BCUT2D eigenvalue weighted by atomic mass is 35.5. The van der Waals surface area contributed by atoms with Gasteiger partial charge in [-0.15, -0.1) is 0 Å². The number of likely N-dealkylation sites (tertiary alicyclic amines) is 1. The Bertz CT molecular complexity index is 739. The third-order valence-corrected chi connectivity index (χ3v) is 4.91. The molecule has 6 heteroatoms. The molecule has 1 aromatic carbocycles. The van der Waals surface area contributed by atoms with E-state index in [9.17, 15) is 9.90 Å². The molecule has 2 aromatic rings. The molecule has 1 N–H and O–H groups in total. The van der Waals surface area contributed by atoms with E-state index in [2.05, 4.69) is 9.88 Å². The average Bonchev–Trinajstić information content (AvgIpc) is 2.63. The Labute approximate surface area is 152 Å². The Hall–Kier alpha value is -2.11. The molecule has 0 saturated carbocycles. The Morgan fingerprint density at radius 1 is 1.36 bits per heavy atom. The summed E-state index contributed by atoms with van der Waals surface area (Å²) in [4.78, 5) is 17.8. The SMILES string of the molecule is COc1ccc(Cl)cc1C(c1ccncc1)N1CCCC(C(=O)O)C1. The number of carboxylic acids is 1. The summed E-state index contributed by atoms with van der Waals surface area (Å²) in [6, 6.07) is 9.33. The van der Waals surface area contributed by atoms with E-state index in [-0.39, 0.29) is 12.0 Å². The van der Waals surface area contributed by atoms with Crippen LogP contribution in [0.25, 0.3) is 0 Å². The second-order valence-electron chi connectivity index (χ2n) is 6.24. The van der Waals surface area contributed by atoms with E-state index in [1.54, 1.807) is 25.6 Å². The highest BCUT2D eigenvalue weighted by molar-refractivity contribution is 6.30. The first-order valence-electron chi connectivity index (χ1n) is 8.30. The first-order valence-corrected chi connectivity index (χ1v) is 8.68. The van der Waals surface area contributed by atoms with Crippen molar-refractivity contribution in [1.82, 2.24) is 9.88 Å². The van der Waals surface area contributed by atoms with E-state index in [1.165, 1.54) is 0 Å². The average molecular weight is 361 g/mol. The monoisotopic (exact) mass is 360 g/mol. The third-order valence-electron chi connectivity index (χ3n) is 4.68. The first-order chi connectivity index (χ1) is 12.1. The van der Waals surface area contributed by atoms with Crippen molar-refractivity contribution >= 4 is 17.6 Å². The summed E-state index contributed by atoms with van der Waals surface area (Å²) >= 11 is 6.24. The van der Waals surface area contributed by atoms with Crippen LogP contribution in [0.4, 0.5) is 0 Å². The molecule has 5 nitrogen and oxygen atoms in total. The van der Waals surface area contributed by atoms with Gasteiger partial charge in [0, 0.05) is 29.5 Å². The largest absolute Gasteiger partial charge is 0.496 e. The maximum absolute atomic E-state index is 11.5. The molecule has 1 aliphatic heterocycles. The smallest absolute Gasteiger partial charge is 0.307 e. The minimum Gasteiger partial charge on any atom is -0.496 e. The molecule has 132 valence electrons. The van der Waals surface area contributed by atoms with Crippen LogP contribution in [0.1, 0.15) is 30.0 Å². The number of aromatic nitrogens is 1. The lowest BCUT2D eigenvalue weighted by atomic mass is 9.91. The zero-order valence-electron chi connectivity index (χ0n) is 14.1. The first kappa shape index (κ1) is 17.7. The molecule has 1 fully saturated rings. The van der Waals surface area contributed by atoms with Gasteiger partial charge in [-0.3, -0.25) is 14.7 Å². The molecule has 2 heterocycles. The molecular weight excluding hydrogens is 340 g/mol. The summed E-state index contributed by atoms with van der Waals surface area (Å²) in [7, 11) is 1.63. The summed E-state index contributed by atoms with van der Waals surface area (Å²) in [6.45, 7) is 1.32. The fourth-order valence-electron chi connectivity index (χ4n) is 3.49. The van der Waals surface area contributed by atoms with Gasteiger partial charge in [-0.1, -0.05) is 11.6 Å². The quantitative estimate of drug-likeness (QED) is 0.882. The number of aliphatic carboxylic acids is 1. The van der Waals surface area contributed by atoms with Gasteiger partial charge >= 0.3 is 5.97 Å². The van der Waals surface area contributed by atoms with Crippen LogP contribution in [0.2, 0.25) is 5.02 Å². The molecule has 1 aliphatic rings. The lowest BCUT2D eigenvalue weighted by molar-refractivity contribution is -0.143. The van der Waals surface area contributed by atoms with E-state index in [0.717, 1.165) is 29.8 Å². The lowest BCUT2D eigenvalue weighted by Gasteiger charge is -2.38. The number of hydrogen-bond donors (Lipinski definition) is 1. The molecular formula is C19H21ClN2O3. The topological polar surface area (TPSA) is 62.7 Å². The van der Waals surface area contributed by atoms with Crippen molar-refractivity contribution in [3.63, 3.8) is 0 Å². The number of ether oxygens (including phenoxy) is 1. The van der Waals surface area contributed by atoms with Gasteiger partial charge in [0.05, 0.1) is 19.1 Å². The van der Waals surface area contributed by atoms with Gasteiger partial charge in [-0.2, -0.15) is 0 Å². The Morgan fingerprint density at radius 2 is 2.12 bits per heavy atom. The second-order valence-corrected chi connectivity index (χ2v) is 6.68. The van der Waals surface area contributed by atoms with Crippen molar-refractivity contribution in [2.75, 3.05) is 20.2 Å². The van der Waals surface area contributed by atoms with Gasteiger partial charge in [0.1, 0.15) is 5.75 Å². The van der Waals surface area contributed by atoms with E-state index in [4.69, 9.17) is 16.3 Å². The molecule has 3 rings (SSSR count). The molecule has 0 amide bonds. The van der Waals surface area contributed by atoms with Gasteiger partial charge in [0.15, 0.2) is 0 Å². The van der Waals surface area contributed by atoms with Gasteiger partial charge in [0.2, 0.25) is 0 Å². The predicted molar refractivity (Wildman–Crippen MR) is 96.0 cm³/mol. The number of nitrogens with zero attached hydrogens (tertiary/aromatic N) is 2. The number of rotatable bonds is 5. The molecule has 25 heavy (non-hydrogen) atoms. The molecule has 1 saturated heterocycles. The predicted octanol–water partition coefficient (Wildman–Crippen LogP) is 3.63. The normalized spacial score (nSPS) is 19.4. The summed E-state index contributed by atoms with van der Waals surface area (Å²) < 4.78 is 5.55. The zero-order valence-corrected chi connectivity index (χ0v) is 14.8. The van der Waals surface area contributed by atoms with Crippen LogP contribution < -0.4 is 4.74 Å². The molecule has 0 bridgehead atoms. The highest BCUT2D eigenvalue weighted by Gasteiger charge is 2.32. The minimum atomic E-state index is -0.740. The Balaban J connectivity index is 2.05. The maximum atomic E-state index is 11.5. The highest BCUT2D eigenvalue weighted by Crippen LogP contribution is 2.38. The van der Waals surface area contributed by atoms with Gasteiger partial charge in [0.25, 0.3) is 0 Å². The number of methoxy groups -OCH3 is 1. The fraction of sp³-hybridized carbons (Fsp3) is 0.368. The van der Waals surface area contributed by atoms with Gasteiger partial charge < -0.3 is 9.84 Å². The van der Waals surface area contributed by atoms with Crippen LogP contribution >= 0.6 is 11.6 Å². The maximum Gasteiger partial charge on any atom is 0.307 e. The van der Waals surface area contributed by atoms with Crippen LogP contribution in [0, 0.1) is 5.92 Å². The van der Waals surface area contributed by atoms with Crippen molar-refractivity contribution in [2.24, 2.45) is 5.92 Å². The lowest BCUT2D eigenvalue weighted by Crippen LogP contribution is -2.41. The number of hydrogen-bond acceptors (Lipinski definition) is 4. The number of piperidine rings is 1. The van der Waals surface area contributed by atoms with Crippen molar-refractivity contribution in [1.29, 1.82) is 0 Å². The summed E-state index contributed by atoms with van der Waals surface area (Å²) in [6.07, 6.45) is 5.05. The standard InChI is InChI=1S/C19H21ClN2O3/c1-25-17-5-4-15(20)11-16(17)18(13-6-8-21-9-7-13)22-10-2-3-14(12-22)19(23)24/h4-9,11,14,18H,2-3,10,12H2,1H3,(H,23,24). The molecule has 2 atom stereocenters. The van der Waals surface area contributed by atoms with Crippen LogP contribution in [0.3, 0.4) is 0 Å². The van der Waals surface area contributed by atoms with Crippen LogP contribution in [0.15, 0.2) is 42.7 Å². The van der Waals surface area contributed by atoms with Crippen molar-refractivity contribution in [2.45, 2.75) is 18.9 Å². The number of benzene rings is 1. The molecule has 0 spiro atoms. The van der Waals surface area contributed by atoms with Crippen molar-refractivity contribution in [3.8, 4) is 5.75 Å². The molecule has 1 aromatic heterocycles. The van der Waals surface area contributed by atoms with Crippen LogP contribution in [-0.4, -0.2) is 41.2 Å². The number of carboxylic acid groups (broad SMARTS) is 1. The summed E-state index contributed by atoms with van der Waals surface area (Å²) in [5, 5.41) is 10.1. The fourth-order valence-corrected chi connectivity index (χ4v) is 3.67. The van der Waals surface area contributed by atoms with Crippen LogP contribution in [-0.2, 0) is 4.79 Å². The van der Waals surface area contributed by atoms with E-state index >= 15 is 0 Å². The number of pyridine rings is 1. The summed E-state index contributed by atoms with van der Waals surface area (Å²) in [5.41, 5.74) is 1.98. The Kier molecular flexibility index (Phi) is 5.56. The van der Waals surface area contributed by atoms with E-state index in [0.29, 0.717) is 18.0 Å². The molecule has 0 radical (unpaired) electrons. The molecule has 0 aliphatic carbocycles. The minimum absolute atomic E-state index is 0.126. The van der Waals surface area contributed by atoms with Gasteiger partial charge in [-0.05, 0) is 55.3 Å². The Morgan fingerprint density at radius 3 is 2.80 bits per heavy atom. The zero-order chi connectivity index (χ0) is 17.8. The van der Waals surface area contributed by atoms with Crippen molar-refractivity contribution in [3.05, 3.63) is 58.9 Å². The summed E-state index contributed by atoms with van der Waals surface area (Å²) in [5.74, 6) is -0.358. The van der Waals surface area contributed by atoms with Crippen molar-refractivity contribution < 1.29 is 14.6 Å². The number of carbonyl (C=O) groups is 1. The van der Waals surface area contributed by atoms with E-state index in [1.807, 2.05) is 24.3 Å². The number of halogens is 1. The third kappa shape index (κ3) is 3.94. The second kappa shape index (κ2) is 7.85. The van der Waals surface area contributed by atoms with Gasteiger partial charge in [-0.25, -0.2) is 0 Å². The molecule has 2 unspecified atom stereocenters.